The van der Waals surface area contributed by atoms with Gasteiger partial charge in [0.25, 0.3) is 0 Å². The maximum atomic E-state index is 12.1. The van der Waals surface area contributed by atoms with Crippen molar-refractivity contribution in [2.75, 3.05) is 20.2 Å². The Labute approximate surface area is 119 Å². The van der Waals surface area contributed by atoms with Gasteiger partial charge in [0.1, 0.15) is 11.3 Å². The third-order valence-electron chi connectivity index (χ3n) is 4.74. The van der Waals surface area contributed by atoms with E-state index in [0.717, 1.165) is 55.6 Å². The number of methoxy groups -OCH3 is 1. The van der Waals surface area contributed by atoms with E-state index < -0.39 is 11.5 Å². The molecule has 108 valence electrons. The highest BCUT2D eigenvalue weighted by Gasteiger charge is 2.49. The minimum absolute atomic E-state index is 0.703. The summed E-state index contributed by atoms with van der Waals surface area (Å²) in [5, 5.41) is 9.95. The standard InChI is InChI=1S/C16H21NO3/c1-20-13-6-7-14-12(11-13)5-4-8-16(14,15(18)19)17-9-2-3-10-17/h6-7,11H,2-5,8-10H2,1H3,(H,18,19). The Morgan fingerprint density at radius 3 is 2.70 bits per heavy atom. The number of rotatable bonds is 3. The molecule has 3 rings (SSSR count). The number of likely N-dealkylation sites (tertiary alicyclic amines) is 1. The lowest BCUT2D eigenvalue weighted by Gasteiger charge is -2.42. The zero-order chi connectivity index (χ0) is 14.2. The summed E-state index contributed by atoms with van der Waals surface area (Å²) in [7, 11) is 1.65. The highest BCUT2D eigenvalue weighted by molar-refractivity contribution is 5.82. The molecule has 1 aliphatic carbocycles. The van der Waals surface area contributed by atoms with Crippen LogP contribution in [-0.4, -0.2) is 36.2 Å². The lowest BCUT2D eigenvalue weighted by Crippen LogP contribution is -2.52. The number of nitrogens with zero attached hydrogens (tertiary/aromatic N) is 1. The second-order valence-electron chi connectivity index (χ2n) is 5.74. The molecule has 1 aromatic rings. The highest BCUT2D eigenvalue weighted by atomic mass is 16.5. The number of hydrogen-bond donors (Lipinski definition) is 1. The first-order chi connectivity index (χ1) is 9.68. The van der Waals surface area contributed by atoms with Gasteiger partial charge < -0.3 is 9.84 Å². The molecule has 0 spiro atoms. The molecule has 0 radical (unpaired) electrons. The van der Waals surface area contributed by atoms with Crippen LogP contribution < -0.4 is 4.74 Å². The molecule has 1 N–H and O–H groups in total. The van der Waals surface area contributed by atoms with Gasteiger partial charge in [0.15, 0.2) is 0 Å². The first-order valence-electron chi connectivity index (χ1n) is 7.34. The van der Waals surface area contributed by atoms with E-state index >= 15 is 0 Å². The topological polar surface area (TPSA) is 49.8 Å². The van der Waals surface area contributed by atoms with Gasteiger partial charge in [0, 0.05) is 0 Å². The molecule has 1 unspecified atom stereocenters. The summed E-state index contributed by atoms with van der Waals surface area (Å²) in [5.74, 6) is 0.108. The van der Waals surface area contributed by atoms with Gasteiger partial charge in [-0.05, 0) is 68.5 Å². The van der Waals surface area contributed by atoms with E-state index in [2.05, 4.69) is 4.90 Å². The number of fused-ring (bicyclic) bond motifs is 1. The maximum absolute atomic E-state index is 12.1. The summed E-state index contributed by atoms with van der Waals surface area (Å²) in [6.07, 6.45) is 4.76. The molecule has 1 aliphatic heterocycles. The summed E-state index contributed by atoms with van der Waals surface area (Å²) < 4.78 is 5.27. The van der Waals surface area contributed by atoms with Crippen LogP contribution in [0.25, 0.3) is 0 Å². The van der Waals surface area contributed by atoms with Gasteiger partial charge in [-0.2, -0.15) is 0 Å². The number of benzene rings is 1. The average molecular weight is 275 g/mol. The Kier molecular flexibility index (Phi) is 3.42. The largest absolute Gasteiger partial charge is 0.497 e. The molecule has 4 heteroatoms. The summed E-state index contributed by atoms with van der Waals surface area (Å²) >= 11 is 0. The molecule has 2 aliphatic rings. The third kappa shape index (κ3) is 1.90. The van der Waals surface area contributed by atoms with Crippen molar-refractivity contribution >= 4 is 5.97 Å². The predicted octanol–water partition coefficient (Wildman–Crippen LogP) is 2.41. The lowest BCUT2D eigenvalue weighted by molar-refractivity contribution is -0.153. The number of carboxylic acids is 1. The Morgan fingerprint density at radius 2 is 2.05 bits per heavy atom. The summed E-state index contributed by atoms with van der Waals surface area (Å²) in [5.41, 5.74) is 1.28. The summed E-state index contributed by atoms with van der Waals surface area (Å²) in [6.45, 7) is 1.77. The number of hydrogen-bond acceptors (Lipinski definition) is 3. The Bertz CT molecular complexity index is 522. The van der Waals surface area contributed by atoms with Gasteiger partial charge in [0.05, 0.1) is 7.11 Å². The lowest BCUT2D eigenvalue weighted by atomic mass is 9.75. The minimum Gasteiger partial charge on any atom is -0.497 e. The van der Waals surface area contributed by atoms with Crippen LogP contribution in [0.15, 0.2) is 18.2 Å². The third-order valence-corrected chi connectivity index (χ3v) is 4.74. The fourth-order valence-corrected chi connectivity index (χ4v) is 3.76. The van der Waals surface area contributed by atoms with Crippen molar-refractivity contribution in [3.05, 3.63) is 29.3 Å². The first kappa shape index (κ1) is 13.4. The van der Waals surface area contributed by atoms with E-state index in [9.17, 15) is 9.90 Å². The first-order valence-corrected chi connectivity index (χ1v) is 7.34. The normalized spacial score (nSPS) is 26.2. The van der Waals surface area contributed by atoms with E-state index in [-0.39, 0.29) is 0 Å². The van der Waals surface area contributed by atoms with Crippen molar-refractivity contribution in [2.24, 2.45) is 0 Å². The van der Waals surface area contributed by atoms with Crippen molar-refractivity contribution in [3.8, 4) is 5.75 Å². The number of carbonyl (C=O) groups is 1. The molecule has 0 amide bonds. The zero-order valence-electron chi connectivity index (χ0n) is 11.9. The van der Waals surface area contributed by atoms with Gasteiger partial charge in [-0.3, -0.25) is 4.90 Å². The molecular formula is C16H21NO3. The van der Waals surface area contributed by atoms with E-state index in [1.807, 2.05) is 18.2 Å². The summed E-state index contributed by atoms with van der Waals surface area (Å²) in [6, 6.07) is 5.85. The molecule has 1 fully saturated rings. The molecule has 0 bridgehead atoms. The van der Waals surface area contributed by atoms with Crippen molar-refractivity contribution in [1.29, 1.82) is 0 Å². The Morgan fingerprint density at radius 1 is 1.30 bits per heavy atom. The van der Waals surface area contributed by atoms with Crippen LogP contribution >= 0.6 is 0 Å². The van der Waals surface area contributed by atoms with Crippen LogP contribution in [0.1, 0.15) is 36.8 Å². The number of carboxylic acid groups (broad SMARTS) is 1. The van der Waals surface area contributed by atoms with Gasteiger partial charge in [-0.15, -0.1) is 0 Å². The van der Waals surface area contributed by atoms with E-state index in [0.29, 0.717) is 6.42 Å². The van der Waals surface area contributed by atoms with Crippen LogP contribution in [0.2, 0.25) is 0 Å². The zero-order valence-corrected chi connectivity index (χ0v) is 11.9. The smallest absolute Gasteiger partial charge is 0.328 e. The maximum Gasteiger partial charge on any atom is 0.328 e. The molecule has 1 aromatic carbocycles. The van der Waals surface area contributed by atoms with Gasteiger partial charge in [0.2, 0.25) is 0 Å². The van der Waals surface area contributed by atoms with Crippen molar-refractivity contribution in [3.63, 3.8) is 0 Å². The monoisotopic (exact) mass is 275 g/mol. The van der Waals surface area contributed by atoms with Crippen LogP contribution in [0.4, 0.5) is 0 Å². The van der Waals surface area contributed by atoms with Crippen molar-refractivity contribution in [1.82, 2.24) is 4.90 Å². The number of ether oxygens (including phenoxy) is 1. The van der Waals surface area contributed by atoms with Crippen molar-refractivity contribution < 1.29 is 14.6 Å². The molecule has 0 saturated carbocycles. The second kappa shape index (κ2) is 5.09. The average Bonchev–Trinajstić information content (AvgIpc) is 3.00. The van der Waals surface area contributed by atoms with Gasteiger partial charge >= 0.3 is 5.97 Å². The van der Waals surface area contributed by atoms with Crippen LogP contribution in [0.3, 0.4) is 0 Å². The van der Waals surface area contributed by atoms with Crippen LogP contribution in [-0.2, 0) is 16.8 Å². The van der Waals surface area contributed by atoms with Crippen molar-refractivity contribution in [2.45, 2.75) is 37.6 Å². The van der Waals surface area contributed by atoms with Gasteiger partial charge in [-0.25, -0.2) is 4.79 Å². The van der Waals surface area contributed by atoms with Crippen LogP contribution in [0.5, 0.6) is 5.75 Å². The van der Waals surface area contributed by atoms with E-state index in [1.165, 1.54) is 0 Å². The highest BCUT2D eigenvalue weighted by Crippen LogP contribution is 2.43. The molecule has 1 atom stereocenters. The van der Waals surface area contributed by atoms with Crippen LogP contribution in [0, 0.1) is 0 Å². The summed E-state index contributed by atoms with van der Waals surface area (Å²) in [4.78, 5) is 14.3. The van der Waals surface area contributed by atoms with E-state index in [4.69, 9.17) is 4.74 Å². The molecule has 1 heterocycles. The molecule has 1 saturated heterocycles. The number of aliphatic carboxylic acids is 1. The quantitative estimate of drug-likeness (QED) is 0.920. The molecular weight excluding hydrogens is 254 g/mol. The number of aryl methyl sites for hydroxylation is 1. The second-order valence-corrected chi connectivity index (χ2v) is 5.74. The molecule has 20 heavy (non-hydrogen) atoms. The fourth-order valence-electron chi connectivity index (χ4n) is 3.76. The minimum atomic E-state index is -0.823. The molecule has 4 nitrogen and oxygen atoms in total. The fraction of sp³-hybridized carbons (Fsp3) is 0.562. The predicted molar refractivity (Wildman–Crippen MR) is 76.1 cm³/mol. The van der Waals surface area contributed by atoms with E-state index in [1.54, 1.807) is 7.11 Å². The SMILES string of the molecule is COc1ccc2c(c1)CCCC2(C(=O)O)N1CCCC1. The van der Waals surface area contributed by atoms with Gasteiger partial charge in [-0.1, -0.05) is 6.07 Å². The Hall–Kier alpha value is -1.55. The molecule has 0 aromatic heterocycles. The Balaban J connectivity index is 2.11.